The van der Waals surface area contributed by atoms with Crippen molar-refractivity contribution in [2.75, 3.05) is 5.32 Å². The zero-order chi connectivity index (χ0) is 12.3. The number of anilines is 1. The lowest BCUT2D eigenvalue weighted by atomic mass is 10.3. The standard InChI is InChI=1S/C11H8Br2ClN3/c12-7-1-2-9(15-4-7)6-16-10-3-8(14)5-17-11(10)13/h1-5,16H,6H2. The molecule has 6 heteroatoms. The fraction of sp³-hybridized carbons (Fsp3) is 0.0909. The van der Waals surface area contributed by atoms with Crippen molar-refractivity contribution in [1.82, 2.24) is 9.97 Å². The van der Waals surface area contributed by atoms with Crippen LogP contribution in [0.3, 0.4) is 0 Å². The lowest BCUT2D eigenvalue weighted by molar-refractivity contribution is 1.03. The van der Waals surface area contributed by atoms with Crippen LogP contribution in [0.15, 0.2) is 39.7 Å². The molecule has 2 aromatic rings. The van der Waals surface area contributed by atoms with E-state index in [4.69, 9.17) is 11.6 Å². The van der Waals surface area contributed by atoms with E-state index in [-0.39, 0.29) is 0 Å². The average Bonchev–Trinajstić information content (AvgIpc) is 2.32. The van der Waals surface area contributed by atoms with Crippen LogP contribution < -0.4 is 5.32 Å². The first kappa shape index (κ1) is 12.8. The fourth-order valence-corrected chi connectivity index (χ4v) is 1.99. The summed E-state index contributed by atoms with van der Waals surface area (Å²) in [5, 5.41) is 3.81. The largest absolute Gasteiger partial charge is 0.377 e. The van der Waals surface area contributed by atoms with Crippen LogP contribution in [0.1, 0.15) is 5.69 Å². The molecule has 2 aromatic heterocycles. The van der Waals surface area contributed by atoms with Gasteiger partial charge in [-0.25, -0.2) is 4.98 Å². The molecule has 2 rings (SSSR count). The maximum absolute atomic E-state index is 5.87. The van der Waals surface area contributed by atoms with E-state index in [0.717, 1.165) is 20.5 Å². The molecule has 0 bridgehead atoms. The average molecular weight is 377 g/mol. The maximum Gasteiger partial charge on any atom is 0.129 e. The van der Waals surface area contributed by atoms with E-state index in [9.17, 15) is 0 Å². The van der Waals surface area contributed by atoms with Crippen LogP contribution in [-0.2, 0) is 6.54 Å². The first-order valence-electron chi connectivity index (χ1n) is 4.80. The molecular weight excluding hydrogens is 369 g/mol. The number of hydrogen-bond acceptors (Lipinski definition) is 3. The predicted molar refractivity (Wildman–Crippen MR) is 76.2 cm³/mol. The van der Waals surface area contributed by atoms with Crippen LogP contribution >= 0.6 is 43.5 Å². The third kappa shape index (κ3) is 3.66. The molecule has 0 fully saturated rings. The quantitative estimate of drug-likeness (QED) is 0.812. The van der Waals surface area contributed by atoms with Crippen molar-refractivity contribution in [3.05, 3.63) is 50.4 Å². The summed E-state index contributed by atoms with van der Waals surface area (Å²) in [4.78, 5) is 8.37. The van der Waals surface area contributed by atoms with Gasteiger partial charge in [0.05, 0.1) is 22.9 Å². The summed E-state index contributed by atoms with van der Waals surface area (Å²) in [6, 6.07) is 5.72. The van der Waals surface area contributed by atoms with E-state index in [2.05, 4.69) is 47.1 Å². The minimum Gasteiger partial charge on any atom is -0.377 e. The van der Waals surface area contributed by atoms with Crippen LogP contribution in [0.2, 0.25) is 5.02 Å². The Kier molecular flexibility index (Phi) is 4.36. The fourth-order valence-electron chi connectivity index (χ4n) is 1.24. The highest BCUT2D eigenvalue weighted by molar-refractivity contribution is 9.10. The maximum atomic E-state index is 5.87. The third-order valence-corrected chi connectivity index (χ3v) is 3.36. The summed E-state index contributed by atoms with van der Waals surface area (Å²) in [6.45, 7) is 0.619. The summed E-state index contributed by atoms with van der Waals surface area (Å²) < 4.78 is 1.70. The Balaban J connectivity index is 2.07. The number of rotatable bonds is 3. The lowest BCUT2D eigenvalue weighted by Gasteiger charge is -2.07. The Bertz CT molecular complexity index is 517. The van der Waals surface area contributed by atoms with E-state index >= 15 is 0 Å². The molecule has 0 unspecified atom stereocenters. The Morgan fingerprint density at radius 1 is 1.18 bits per heavy atom. The molecule has 2 heterocycles. The zero-order valence-corrected chi connectivity index (χ0v) is 12.6. The molecule has 3 nitrogen and oxygen atoms in total. The third-order valence-electron chi connectivity index (χ3n) is 2.05. The minimum atomic E-state index is 0.597. The molecule has 0 aliphatic carbocycles. The molecule has 0 saturated heterocycles. The second-order valence-electron chi connectivity index (χ2n) is 3.31. The van der Waals surface area contributed by atoms with E-state index < -0.39 is 0 Å². The molecule has 1 N–H and O–H groups in total. The van der Waals surface area contributed by atoms with Gasteiger partial charge in [0, 0.05) is 16.9 Å². The Hall–Kier alpha value is -0.650. The van der Waals surface area contributed by atoms with Gasteiger partial charge in [-0.1, -0.05) is 11.6 Å². The molecule has 0 aromatic carbocycles. The molecule has 17 heavy (non-hydrogen) atoms. The molecule has 0 aliphatic heterocycles. The number of pyridine rings is 2. The van der Waals surface area contributed by atoms with Gasteiger partial charge in [-0.3, -0.25) is 4.98 Å². The highest BCUT2D eigenvalue weighted by Gasteiger charge is 2.02. The summed E-state index contributed by atoms with van der Waals surface area (Å²) in [6.07, 6.45) is 3.36. The molecule has 0 spiro atoms. The zero-order valence-electron chi connectivity index (χ0n) is 8.62. The van der Waals surface area contributed by atoms with Gasteiger partial charge in [0.25, 0.3) is 0 Å². The Morgan fingerprint density at radius 3 is 2.71 bits per heavy atom. The van der Waals surface area contributed by atoms with Gasteiger partial charge in [-0.2, -0.15) is 0 Å². The van der Waals surface area contributed by atoms with Gasteiger partial charge in [-0.05, 0) is 50.1 Å². The molecule has 0 atom stereocenters. The van der Waals surface area contributed by atoms with Gasteiger partial charge in [0.1, 0.15) is 4.60 Å². The summed E-state index contributed by atoms with van der Waals surface area (Å²) in [7, 11) is 0. The van der Waals surface area contributed by atoms with Crippen molar-refractivity contribution < 1.29 is 0 Å². The van der Waals surface area contributed by atoms with Crippen LogP contribution in [0.5, 0.6) is 0 Å². The van der Waals surface area contributed by atoms with Gasteiger partial charge < -0.3 is 5.32 Å². The van der Waals surface area contributed by atoms with Crippen LogP contribution in [0.25, 0.3) is 0 Å². The van der Waals surface area contributed by atoms with E-state index in [1.807, 2.05) is 18.2 Å². The van der Waals surface area contributed by atoms with E-state index in [1.54, 1.807) is 12.4 Å². The number of hydrogen-bond donors (Lipinski definition) is 1. The SMILES string of the molecule is Clc1cnc(Br)c(NCc2ccc(Br)cn2)c1. The minimum absolute atomic E-state index is 0.597. The normalized spacial score (nSPS) is 10.3. The van der Waals surface area contributed by atoms with Crippen molar-refractivity contribution >= 4 is 49.1 Å². The molecular formula is C11H8Br2ClN3. The van der Waals surface area contributed by atoms with Crippen molar-refractivity contribution in [2.45, 2.75) is 6.54 Å². The smallest absolute Gasteiger partial charge is 0.129 e. The Morgan fingerprint density at radius 2 is 2.00 bits per heavy atom. The topological polar surface area (TPSA) is 37.8 Å². The van der Waals surface area contributed by atoms with Crippen LogP contribution in [-0.4, -0.2) is 9.97 Å². The van der Waals surface area contributed by atoms with E-state index in [1.165, 1.54) is 0 Å². The number of halogens is 3. The lowest BCUT2D eigenvalue weighted by Crippen LogP contribution is -2.02. The second-order valence-corrected chi connectivity index (χ2v) is 5.42. The highest BCUT2D eigenvalue weighted by Crippen LogP contribution is 2.23. The summed E-state index contributed by atoms with van der Waals surface area (Å²) in [5.74, 6) is 0. The predicted octanol–water partition coefficient (Wildman–Crippen LogP) is 4.27. The first-order valence-corrected chi connectivity index (χ1v) is 6.77. The van der Waals surface area contributed by atoms with Crippen molar-refractivity contribution in [1.29, 1.82) is 0 Å². The van der Waals surface area contributed by atoms with Gasteiger partial charge in [-0.15, -0.1) is 0 Å². The first-order chi connectivity index (χ1) is 8.15. The molecule has 0 radical (unpaired) electrons. The summed E-state index contributed by atoms with van der Waals surface area (Å²) in [5.41, 5.74) is 1.79. The van der Waals surface area contributed by atoms with Crippen LogP contribution in [0.4, 0.5) is 5.69 Å². The number of nitrogens with zero attached hydrogens (tertiary/aromatic N) is 2. The van der Waals surface area contributed by atoms with E-state index in [0.29, 0.717) is 11.6 Å². The van der Waals surface area contributed by atoms with Crippen molar-refractivity contribution in [3.63, 3.8) is 0 Å². The molecule has 88 valence electrons. The van der Waals surface area contributed by atoms with Crippen LogP contribution in [0, 0.1) is 0 Å². The number of nitrogens with one attached hydrogen (secondary N) is 1. The van der Waals surface area contributed by atoms with Crippen molar-refractivity contribution in [3.8, 4) is 0 Å². The Labute approximate surface area is 121 Å². The van der Waals surface area contributed by atoms with Gasteiger partial charge >= 0.3 is 0 Å². The number of aromatic nitrogens is 2. The molecule has 0 aliphatic rings. The van der Waals surface area contributed by atoms with Crippen molar-refractivity contribution in [2.24, 2.45) is 0 Å². The monoisotopic (exact) mass is 375 g/mol. The summed E-state index contributed by atoms with van der Waals surface area (Å²) >= 11 is 12.6. The molecule has 0 amide bonds. The second kappa shape index (κ2) is 5.80. The van der Waals surface area contributed by atoms with Gasteiger partial charge in [0.15, 0.2) is 0 Å². The van der Waals surface area contributed by atoms with Gasteiger partial charge in [0.2, 0.25) is 0 Å². The highest BCUT2D eigenvalue weighted by atomic mass is 79.9. The molecule has 0 saturated carbocycles.